The van der Waals surface area contributed by atoms with Crippen LogP contribution in [0.5, 0.6) is 0 Å². The third-order valence-electron chi connectivity index (χ3n) is 7.22. The van der Waals surface area contributed by atoms with Gasteiger partial charge in [-0.15, -0.1) is 0 Å². The first kappa shape index (κ1) is 23.7. The number of likely N-dealkylation sites (tertiary alicyclic amines) is 1. The number of hydrogen-bond acceptors (Lipinski definition) is 4. The summed E-state index contributed by atoms with van der Waals surface area (Å²) in [5.74, 6) is -0.314. The van der Waals surface area contributed by atoms with Gasteiger partial charge in [0, 0.05) is 36.8 Å². The Morgan fingerprint density at radius 3 is 2.43 bits per heavy atom. The fourth-order valence-corrected chi connectivity index (χ4v) is 5.46. The number of halogens is 1. The van der Waals surface area contributed by atoms with Gasteiger partial charge in [-0.3, -0.25) is 19.3 Å². The molecule has 8 heteroatoms. The van der Waals surface area contributed by atoms with Gasteiger partial charge in [0.15, 0.2) is 0 Å². The van der Waals surface area contributed by atoms with E-state index in [-0.39, 0.29) is 30.3 Å². The molecule has 184 valence electrons. The standard InChI is InChI=1S/C27H31ClN4O3/c28-21-10-7-19(8-11-21)17-29-25(33)18-32-24-16-20(26(34)30-13-3-1-4-14-30)9-12-22(24)31-15-5-2-6-23(31)27(32)35/h7-12,16,23H,1-6,13-15,17-18H2,(H,29,33)/t23-/m0/s1. The van der Waals surface area contributed by atoms with E-state index in [4.69, 9.17) is 11.6 Å². The van der Waals surface area contributed by atoms with Crippen LogP contribution < -0.4 is 15.1 Å². The fourth-order valence-electron chi connectivity index (χ4n) is 5.34. The van der Waals surface area contributed by atoms with Gasteiger partial charge in [-0.2, -0.15) is 0 Å². The highest BCUT2D eigenvalue weighted by Crippen LogP contribution is 2.40. The summed E-state index contributed by atoms with van der Waals surface area (Å²) in [4.78, 5) is 45.3. The van der Waals surface area contributed by atoms with Gasteiger partial charge in [-0.25, -0.2) is 0 Å². The number of fused-ring (bicyclic) bond motifs is 3. The summed E-state index contributed by atoms with van der Waals surface area (Å²) in [6, 6.07) is 12.7. The maximum Gasteiger partial charge on any atom is 0.253 e. The minimum absolute atomic E-state index is 0.00661. The molecule has 0 aliphatic carbocycles. The number of carbonyl (C=O) groups is 3. The summed E-state index contributed by atoms with van der Waals surface area (Å²) in [5.41, 5.74) is 3.08. The second kappa shape index (κ2) is 10.3. The molecule has 2 aromatic rings. The summed E-state index contributed by atoms with van der Waals surface area (Å²) in [5, 5.41) is 3.55. The van der Waals surface area contributed by atoms with E-state index in [0.29, 0.717) is 22.8 Å². The monoisotopic (exact) mass is 494 g/mol. The maximum atomic E-state index is 13.5. The number of rotatable bonds is 5. The minimum atomic E-state index is -0.260. The normalized spacial score (nSPS) is 19.7. The second-order valence-electron chi connectivity index (χ2n) is 9.59. The van der Waals surface area contributed by atoms with Crippen LogP contribution in [-0.2, 0) is 16.1 Å². The van der Waals surface area contributed by atoms with Crippen LogP contribution in [0.15, 0.2) is 42.5 Å². The lowest BCUT2D eigenvalue weighted by Gasteiger charge is -2.45. The lowest BCUT2D eigenvalue weighted by atomic mass is 9.95. The number of hydrogen-bond donors (Lipinski definition) is 1. The molecule has 35 heavy (non-hydrogen) atoms. The van der Waals surface area contributed by atoms with Crippen LogP contribution in [0.3, 0.4) is 0 Å². The fraction of sp³-hybridized carbons (Fsp3) is 0.444. The van der Waals surface area contributed by atoms with Gasteiger partial charge in [-0.05, 0) is 74.4 Å². The summed E-state index contributed by atoms with van der Waals surface area (Å²) in [6.45, 7) is 2.61. The zero-order valence-corrected chi connectivity index (χ0v) is 20.6. The molecule has 0 aromatic heterocycles. The molecule has 3 aliphatic heterocycles. The Kier molecular flexibility index (Phi) is 6.95. The average Bonchev–Trinajstić information content (AvgIpc) is 2.90. The quantitative estimate of drug-likeness (QED) is 0.682. The second-order valence-corrected chi connectivity index (χ2v) is 10.0. The zero-order valence-electron chi connectivity index (χ0n) is 19.8. The molecule has 1 N–H and O–H groups in total. The Balaban J connectivity index is 1.39. The Morgan fingerprint density at radius 1 is 0.914 bits per heavy atom. The average molecular weight is 495 g/mol. The predicted octanol–water partition coefficient (Wildman–Crippen LogP) is 3.99. The Labute approximate surface area is 211 Å². The molecule has 2 aromatic carbocycles. The molecule has 3 heterocycles. The molecular formula is C27H31ClN4O3. The molecular weight excluding hydrogens is 464 g/mol. The largest absolute Gasteiger partial charge is 0.358 e. The van der Waals surface area contributed by atoms with E-state index >= 15 is 0 Å². The van der Waals surface area contributed by atoms with Crippen LogP contribution in [0.4, 0.5) is 11.4 Å². The number of nitrogens with zero attached hydrogens (tertiary/aromatic N) is 3. The molecule has 0 saturated carbocycles. The van der Waals surface area contributed by atoms with Gasteiger partial charge in [0.25, 0.3) is 5.91 Å². The van der Waals surface area contributed by atoms with Crippen LogP contribution in [0.2, 0.25) is 5.02 Å². The highest BCUT2D eigenvalue weighted by molar-refractivity contribution is 6.30. The van der Waals surface area contributed by atoms with Gasteiger partial charge in [0.05, 0.1) is 11.4 Å². The van der Waals surface area contributed by atoms with Crippen molar-refractivity contribution in [3.63, 3.8) is 0 Å². The molecule has 5 rings (SSSR count). The number of nitrogens with one attached hydrogen (secondary N) is 1. The summed E-state index contributed by atoms with van der Waals surface area (Å²) < 4.78 is 0. The number of benzene rings is 2. The predicted molar refractivity (Wildman–Crippen MR) is 137 cm³/mol. The SMILES string of the molecule is O=C(CN1C(=O)[C@@H]2CCCCN2c2ccc(C(=O)N3CCCCC3)cc21)NCc1ccc(Cl)cc1. The zero-order chi connectivity index (χ0) is 24.4. The Bertz CT molecular complexity index is 1110. The lowest BCUT2D eigenvalue weighted by Crippen LogP contribution is -2.57. The number of carbonyl (C=O) groups excluding carboxylic acids is 3. The van der Waals surface area contributed by atoms with Gasteiger partial charge in [0.1, 0.15) is 12.6 Å². The van der Waals surface area contributed by atoms with Crippen molar-refractivity contribution in [2.75, 3.05) is 36.0 Å². The van der Waals surface area contributed by atoms with Crippen molar-refractivity contribution >= 4 is 40.7 Å². The molecule has 0 unspecified atom stereocenters. The smallest absolute Gasteiger partial charge is 0.253 e. The van der Waals surface area contributed by atoms with Gasteiger partial charge >= 0.3 is 0 Å². The van der Waals surface area contributed by atoms with Gasteiger partial charge in [-0.1, -0.05) is 23.7 Å². The highest BCUT2D eigenvalue weighted by atomic mass is 35.5. The number of piperidine rings is 2. The minimum Gasteiger partial charge on any atom is -0.358 e. The molecule has 0 radical (unpaired) electrons. The molecule has 0 spiro atoms. The van der Waals surface area contributed by atoms with Crippen molar-refractivity contribution in [1.82, 2.24) is 10.2 Å². The van der Waals surface area contributed by atoms with Crippen molar-refractivity contribution in [1.29, 1.82) is 0 Å². The topological polar surface area (TPSA) is 73.0 Å². The third-order valence-corrected chi connectivity index (χ3v) is 7.48. The molecule has 0 bridgehead atoms. The first-order chi connectivity index (χ1) is 17.0. The Morgan fingerprint density at radius 2 is 1.66 bits per heavy atom. The van der Waals surface area contributed by atoms with E-state index in [1.807, 2.05) is 35.2 Å². The molecule has 2 saturated heterocycles. The molecule has 3 amide bonds. The first-order valence-electron chi connectivity index (χ1n) is 12.5. The lowest BCUT2D eigenvalue weighted by molar-refractivity contribution is -0.125. The summed E-state index contributed by atoms with van der Waals surface area (Å²) in [7, 11) is 0. The van der Waals surface area contributed by atoms with Crippen molar-refractivity contribution < 1.29 is 14.4 Å². The third kappa shape index (κ3) is 5.01. The molecule has 3 aliphatic rings. The van der Waals surface area contributed by atoms with E-state index in [0.717, 1.165) is 69.4 Å². The van der Waals surface area contributed by atoms with Gasteiger partial charge < -0.3 is 15.1 Å². The molecule has 1 atom stereocenters. The maximum absolute atomic E-state index is 13.5. The van der Waals surface area contributed by atoms with E-state index in [2.05, 4.69) is 10.2 Å². The Hall–Kier alpha value is -3.06. The van der Waals surface area contributed by atoms with Crippen molar-refractivity contribution in [3.8, 4) is 0 Å². The van der Waals surface area contributed by atoms with Crippen molar-refractivity contribution in [2.24, 2.45) is 0 Å². The molecule has 2 fully saturated rings. The van der Waals surface area contributed by atoms with Crippen molar-refractivity contribution in [3.05, 3.63) is 58.6 Å². The summed E-state index contributed by atoms with van der Waals surface area (Å²) >= 11 is 5.95. The number of amides is 3. The van der Waals surface area contributed by atoms with Crippen LogP contribution in [-0.4, -0.2) is 54.8 Å². The van der Waals surface area contributed by atoms with Gasteiger partial charge in [0.2, 0.25) is 11.8 Å². The van der Waals surface area contributed by atoms with E-state index < -0.39 is 0 Å². The van der Waals surface area contributed by atoms with E-state index in [9.17, 15) is 14.4 Å². The first-order valence-corrected chi connectivity index (χ1v) is 12.9. The van der Waals surface area contributed by atoms with Crippen LogP contribution in [0.1, 0.15) is 54.4 Å². The van der Waals surface area contributed by atoms with Crippen molar-refractivity contribution in [2.45, 2.75) is 51.1 Å². The van der Waals surface area contributed by atoms with Crippen LogP contribution in [0.25, 0.3) is 0 Å². The van der Waals surface area contributed by atoms with Crippen LogP contribution >= 0.6 is 11.6 Å². The van der Waals surface area contributed by atoms with Crippen LogP contribution in [0, 0.1) is 0 Å². The van der Waals surface area contributed by atoms with E-state index in [1.165, 1.54) is 0 Å². The highest BCUT2D eigenvalue weighted by Gasteiger charge is 2.40. The number of anilines is 2. The molecule has 7 nitrogen and oxygen atoms in total. The van der Waals surface area contributed by atoms with E-state index in [1.54, 1.807) is 17.0 Å². The summed E-state index contributed by atoms with van der Waals surface area (Å²) in [6.07, 6.45) is 5.98.